The van der Waals surface area contributed by atoms with Gasteiger partial charge < -0.3 is 5.11 Å². The molecule has 1 N–H and O–H groups in total. The SMILES string of the molecule is CCSc1cc(SCCC(C#N)C#N)cnc1C(=O)O. The maximum absolute atomic E-state index is 11.0. The van der Waals surface area contributed by atoms with E-state index >= 15 is 0 Å². The van der Waals surface area contributed by atoms with Crippen LogP contribution in [0, 0.1) is 28.6 Å². The number of aromatic nitrogens is 1. The van der Waals surface area contributed by atoms with Crippen molar-refractivity contribution in [3.63, 3.8) is 0 Å². The van der Waals surface area contributed by atoms with E-state index in [9.17, 15) is 4.79 Å². The molecule has 0 aliphatic rings. The van der Waals surface area contributed by atoms with Crippen LogP contribution in [-0.4, -0.2) is 27.6 Å². The molecular formula is C13H13N3O2S2. The minimum atomic E-state index is -1.04. The number of aromatic carboxylic acids is 1. The van der Waals surface area contributed by atoms with Crippen molar-refractivity contribution in [1.29, 1.82) is 10.5 Å². The number of hydrogen-bond donors (Lipinski definition) is 1. The molecule has 1 rings (SSSR count). The summed E-state index contributed by atoms with van der Waals surface area (Å²) in [6, 6.07) is 5.64. The number of carboxylic acids is 1. The van der Waals surface area contributed by atoms with Crippen LogP contribution in [0.2, 0.25) is 0 Å². The predicted octanol–water partition coefficient (Wildman–Crippen LogP) is 3.04. The van der Waals surface area contributed by atoms with E-state index < -0.39 is 11.9 Å². The van der Waals surface area contributed by atoms with Gasteiger partial charge in [-0.2, -0.15) is 10.5 Å². The summed E-state index contributed by atoms with van der Waals surface area (Å²) in [5, 5.41) is 26.4. The topological polar surface area (TPSA) is 97.8 Å². The molecule has 20 heavy (non-hydrogen) atoms. The summed E-state index contributed by atoms with van der Waals surface area (Å²) in [6.07, 6.45) is 2.00. The lowest BCUT2D eigenvalue weighted by atomic mass is 10.1. The molecule has 0 fully saturated rings. The van der Waals surface area contributed by atoms with Crippen molar-refractivity contribution >= 4 is 29.5 Å². The molecule has 0 aliphatic heterocycles. The highest BCUT2D eigenvalue weighted by Crippen LogP contribution is 2.27. The number of thioether (sulfide) groups is 2. The number of rotatable bonds is 7. The Kier molecular flexibility index (Phi) is 6.92. The zero-order valence-corrected chi connectivity index (χ0v) is 12.5. The molecule has 1 heterocycles. The Morgan fingerprint density at radius 1 is 1.45 bits per heavy atom. The van der Waals surface area contributed by atoms with Crippen molar-refractivity contribution in [1.82, 2.24) is 4.98 Å². The second kappa shape index (κ2) is 8.47. The van der Waals surface area contributed by atoms with E-state index in [0.717, 1.165) is 10.6 Å². The minimum absolute atomic E-state index is 0.0631. The molecule has 0 atom stereocenters. The third-order valence-corrected chi connectivity index (χ3v) is 4.22. The fourth-order valence-electron chi connectivity index (χ4n) is 1.38. The van der Waals surface area contributed by atoms with Crippen molar-refractivity contribution < 1.29 is 9.90 Å². The number of carboxylic acid groups (broad SMARTS) is 1. The van der Waals surface area contributed by atoms with E-state index in [1.54, 1.807) is 6.07 Å². The standard InChI is InChI=1S/C13H13N3O2S2/c1-2-19-11-5-10(8-16-12(11)13(17)18)20-4-3-9(6-14)7-15/h5,8-9H,2-4H2,1H3,(H,17,18). The molecular weight excluding hydrogens is 294 g/mol. The van der Waals surface area contributed by atoms with Crippen LogP contribution in [0.15, 0.2) is 22.1 Å². The van der Waals surface area contributed by atoms with E-state index in [2.05, 4.69) is 4.98 Å². The molecule has 0 saturated carbocycles. The quantitative estimate of drug-likeness (QED) is 0.773. The van der Waals surface area contributed by atoms with Gasteiger partial charge in [0.15, 0.2) is 5.69 Å². The second-order valence-electron chi connectivity index (χ2n) is 3.70. The van der Waals surface area contributed by atoms with Gasteiger partial charge in [-0.15, -0.1) is 23.5 Å². The van der Waals surface area contributed by atoms with Crippen LogP contribution in [0.5, 0.6) is 0 Å². The smallest absolute Gasteiger partial charge is 0.355 e. The molecule has 0 aliphatic carbocycles. The first-order valence-corrected chi connectivity index (χ1v) is 7.87. The van der Waals surface area contributed by atoms with Crippen molar-refractivity contribution in [2.24, 2.45) is 5.92 Å². The molecule has 0 radical (unpaired) electrons. The van der Waals surface area contributed by atoms with Gasteiger partial charge in [0.1, 0.15) is 5.92 Å². The number of hydrogen-bond acceptors (Lipinski definition) is 6. The summed E-state index contributed by atoms with van der Waals surface area (Å²) in [6.45, 7) is 1.94. The summed E-state index contributed by atoms with van der Waals surface area (Å²) >= 11 is 2.90. The van der Waals surface area contributed by atoms with Crippen molar-refractivity contribution in [3.8, 4) is 12.1 Å². The average molecular weight is 307 g/mol. The Morgan fingerprint density at radius 2 is 2.15 bits per heavy atom. The molecule has 1 aromatic heterocycles. The maximum atomic E-state index is 11.0. The molecule has 5 nitrogen and oxygen atoms in total. The Morgan fingerprint density at radius 3 is 2.70 bits per heavy atom. The number of carbonyl (C=O) groups is 1. The van der Waals surface area contributed by atoms with Gasteiger partial charge in [0.05, 0.1) is 12.1 Å². The molecule has 0 unspecified atom stereocenters. The van der Waals surface area contributed by atoms with Gasteiger partial charge in [-0.25, -0.2) is 9.78 Å². The van der Waals surface area contributed by atoms with Crippen LogP contribution >= 0.6 is 23.5 Å². The zero-order chi connectivity index (χ0) is 15.0. The lowest BCUT2D eigenvalue weighted by molar-refractivity contribution is 0.0686. The van der Waals surface area contributed by atoms with Gasteiger partial charge in [-0.05, 0) is 18.2 Å². The molecule has 0 saturated heterocycles. The Bertz CT molecular complexity index is 550. The van der Waals surface area contributed by atoms with Gasteiger partial charge >= 0.3 is 5.97 Å². The summed E-state index contributed by atoms with van der Waals surface area (Å²) in [5.41, 5.74) is 0.0631. The van der Waals surface area contributed by atoms with E-state index in [-0.39, 0.29) is 5.69 Å². The first kappa shape index (κ1) is 16.4. The van der Waals surface area contributed by atoms with Crippen LogP contribution in [0.1, 0.15) is 23.8 Å². The number of pyridine rings is 1. The van der Waals surface area contributed by atoms with Gasteiger partial charge in [0, 0.05) is 21.7 Å². The van der Waals surface area contributed by atoms with Gasteiger partial charge in [0.2, 0.25) is 0 Å². The summed E-state index contributed by atoms with van der Waals surface area (Å²) in [7, 11) is 0. The molecule has 104 valence electrons. The fraction of sp³-hybridized carbons (Fsp3) is 0.385. The molecule has 1 aromatic rings. The Hall–Kier alpha value is -1.70. The highest BCUT2D eigenvalue weighted by molar-refractivity contribution is 8.00. The summed E-state index contributed by atoms with van der Waals surface area (Å²) in [4.78, 5) is 16.5. The van der Waals surface area contributed by atoms with Crippen molar-refractivity contribution in [3.05, 3.63) is 18.0 Å². The molecule has 0 spiro atoms. The monoisotopic (exact) mass is 307 g/mol. The van der Waals surface area contributed by atoms with Crippen molar-refractivity contribution in [2.75, 3.05) is 11.5 Å². The summed E-state index contributed by atoms with van der Waals surface area (Å²) < 4.78 is 0. The highest BCUT2D eigenvalue weighted by Gasteiger charge is 2.13. The molecule has 0 amide bonds. The van der Waals surface area contributed by atoms with Crippen molar-refractivity contribution in [2.45, 2.75) is 23.1 Å². The van der Waals surface area contributed by atoms with Gasteiger partial charge in [-0.1, -0.05) is 6.92 Å². The van der Waals surface area contributed by atoms with E-state index in [0.29, 0.717) is 17.1 Å². The lowest BCUT2D eigenvalue weighted by Gasteiger charge is -2.07. The number of nitriles is 2. The lowest BCUT2D eigenvalue weighted by Crippen LogP contribution is -2.03. The Balaban J connectivity index is 2.73. The van der Waals surface area contributed by atoms with E-state index in [1.165, 1.54) is 29.7 Å². The zero-order valence-electron chi connectivity index (χ0n) is 10.9. The van der Waals surface area contributed by atoms with Gasteiger partial charge in [0.25, 0.3) is 0 Å². The third kappa shape index (κ3) is 4.76. The molecule has 0 bridgehead atoms. The maximum Gasteiger partial charge on any atom is 0.355 e. The first-order chi connectivity index (χ1) is 9.62. The van der Waals surface area contributed by atoms with Crippen LogP contribution in [0.25, 0.3) is 0 Å². The third-order valence-electron chi connectivity index (χ3n) is 2.32. The first-order valence-electron chi connectivity index (χ1n) is 5.90. The van der Waals surface area contributed by atoms with Crippen LogP contribution in [-0.2, 0) is 0 Å². The van der Waals surface area contributed by atoms with Crippen LogP contribution in [0.4, 0.5) is 0 Å². The molecule has 0 aromatic carbocycles. The normalized spacial score (nSPS) is 10.0. The predicted molar refractivity (Wildman–Crippen MR) is 77.7 cm³/mol. The summed E-state index contributed by atoms with van der Waals surface area (Å²) in [5.74, 6) is -0.248. The average Bonchev–Trinajstić information content (AvgIpc) is 2.44. The van der Waals surface area contributed by atoms with Gasteiger partial charge in [-0.3, -0.25) is 0 Å². The van der Waals surface area contributed by atoms with Crippen LogP contribution in [0.3, 0.4) is 0 Å². The Labute approximate surface area is 126 Å². The highest BCUT2D eigenvalue weighted by atomic mass is 32.2. The fourth-order valence-corrected chi connectivity index (χ4v) is 3.17. The number of nitrogens with zero attached hydrogens (tertiary/aromatic N) is 3. The largest absolute Gasteiger partial charge is 0.476 e. The minimum Gasteiger partial charge on any atom is -0.476 e. The molecule has 7 heteroatoms. The van der Waals surface area contributed by atoms with Crippen LogP contribution < -0.4 is 0 Å². The second-order valence-corrected chi connectivity index (χ2v) is 6.18. The van der Waals surface area contributed by atoms with E-state index in [1.807, 2.05) is 19.1 Å². The van der Waals surface area contributed by atoms with E-state index in [4.69, 9.17) is 15.6 Å².